The predicted octanol–water partition coefficient (Wildman–Crippen LogP) is 4.97. The Morgan fingerprint density at radius 3 is 2.15 bits per heavy atom. The predicted molar refractivity (Wildman–Crippen MR) is 151 cm³/mol. The summed E-state index contributed by atoms with van der Waals surface area (Å²) in [6.45, 7) is 9.87. The Labute approximate surface area is 230 Å². The number of sulfonamides is 1. The highest BCUT2D eigenvalue weighted by atomic mass is 32.2. The molecule has 2 amide bonds. The van der Waals surface area contributed by atoms with Gasteiger partial charge in [-0.15, -0.1) is 0 Å². The van der Waals surface area contributed by atoms with Crippen molar-refractivity contribution in [1.82, 2.24) is 10.2 Å². The van der Waals surface area contributed by atoms with Gasteiger partial charge in [0, 0.05) is 17.6 Å². The number of amides is 2. The fourth-order valence-corrected chi connectivity index (χ4v) is 5.42. The minimum Gasteiger partial charge on any atom is -0.350 e. The molecule has 3 rings (SSSR count). The Kier molecular flexibility index (Phi) is 9.17. The van der Waals surface area contributed by atoms with E-state index in [2.05, 4.69) is 5.32 Å². The molecular formula is C30H36FN3O4S. The summed E-state index contributed by atoms with van der Waals surface area (Å²) in [5.74, 6) is -1.61. The number of carbonyl (C=O) groups is 2. The van der Waals surface area contributed by atoms with Crippen LogP contribution in [0.25, 0.3) is 0 Å². The van der Waals surface area contributed by atoms with Crippen LogP contribution in [0.3, 0.4) is 0 Å². The Balaban J connectivity index is 2.05. The molecule has 0 fully saturated rings. The number of anilines is 1. The number of halogens is 1. The molecule has 0 aliphatic heterocycles. The number of aryl methyl sites for hydroxylation is 2. The van der Waals surface area contributed by atoms with Crippen LogP contribution in [0.4, 0.5) is 10.1 Å². The van der Waals surface area contributed by atoms with Gasteiger partial charge in [-0.05, 0) is 77.4 Å². The molecule has 0 aliphatic carbocycles. The monoisotopic (exact) mass is 553 g/mol. The second-order valence-corrected chi connectivity index (χ2v) is 12.6. The topological polar surface area (TPSA) is 86.8 Å². The van der Waals surface area contributed by atoms with E-state index in [0.29, 0.717) is 5.69 Å². The maximum absolute atomic E-state index is 14.6. The normalized spacial score (nSPS) is 12.5. The molecular weight excluding hydrogens is 517 g/mol. The number of rotatable bonds is 9. The Bertz CT molecular complexity index is 1430. The van der Waals surface area contributed by atoms with E-state index in [0.717, 1.165) is 15.4 Å². The minimum atomic E-state index is -4.16. The SMILES string of the molecule is Cc1ccc(S(=O)(=O)N(CC(=O)N(Cc2ccccc2F)[C@H](C)C(=O)NC(C)(C)C)c2cccc(C)c2)cc1. The number of nitrogens with zero attached hydrogens (tertiary/aromatic N) is 2. The fraction of sp³-hybridized carbons (Fsp3) is 0.333. The second-order valence-electron chi connectivity index (χ2n) is 10.7. The third-order valence-corrected chi connectivity index (χ3v) is 7.93. The molecule has 0 saturated heterocycles. The van der Waals surface area contributed by atoms with Gasteiger partial charge in [0.2, 0.25) is 11.8 Å². The summed E-state index contributed by atoms with van der Waals surface area (Å²) in [7, 11) is -4.16. The van der Waals surface area contributed by atoms with Gasteiger partial charge in [-0.2, -0.15) is 0 Å². The molecule has 3 aromatic carbocycles. The first-order chi connectivity index (χ1) is 18.2. The molecule has 208 valence electrons. The molecule has 0 saturated carbocycles. The quantitative estimate of drug-likeness (QED) is 0.405. The van der Waals surface area contributed by atoms with Crippen LogP contribution >= 0.6 is 0 Å². The summed E-state index contributed by atoms with van der Waals surface area (Å²) >= 11 is 0. The molecule has 0 radical (unpaired) electrons. The number of hydrogen-bond donors (Lipinski definition) is 1. The average Bonchev–Trinajstić information content (AvgIpc) is 2.85. The molecule has 1 N–H and O–H groups in total. The maximum atomic E-state index is 14.6. The maximum Gasteiger partial charge on any atom is 0.264 e. The third-order valence-electron chi connectivity index (χ3n) is 6.14. The van der Waals surface area contributed by atoms with Crippen LogP contribution in [0.15, 0.2) is 77.7 Å². The van der Waals surface area contributed by atoms with Gasteiger partial charge in [0.25, 0.3) is 10.0 Å². The highest BCUT2D eigenvalue weighted by molar-refractivity contribution is 7.92. The third kappa shape index (κ3) is 7.66. The van der Waals surface area contributed by atoms with Crippen LogP contribution < -0.4 is 9.62 Å². The zero-order valence-corrected chi connectivity index (χ0v) is 24.0. The molecule has 0 heterocycles. The van der Waals surface area contributed by atoms with Crippen LogP contribution in [0, 0.1) is 19.7 Å². The highest BCUT2D eigenvalue weighted by Crippen LogP contribution is 2.26. The fourth-order valence-electron chi connectivity index (χ4n) is 4.02. The van der Waals surface area contributed by atoms with Gasteiger partial charge in [-0.25, -0.2) is 12.8 Å². The number of benzene rings is 3. The van der Waals surface area contributed by atoms with Gasteiger partial charge >= 0.3 is 0 Å². The van der Waals surface area contributed by atoms with E-state index in [9.17, 15) is 22.4 Å². The Morgan fingerprint density at radius 2 is 1.56 bits per heavy atom. The molecule has 3 aromatic rings. The molecule has 0 spiro atoms. The lowest BCUT2D eigenvalue weighted by molar-refractivity contribution is -0.140. The van der Waals surface area contributed by atoms with Crippen LogP contribution in [0.5, 0.6) is 0 Å². The lowest BCUT2D eigenvalue weighted by atomic mass is 10.1. The van der Waals surface area contributed by atoms with Gasteiger partial charge in [0.05, 0.1) is 10.6 Å². The van der Waals surface area contributed by atoms with E-state index >= 15 is 0 Å². The molecule has 1 atom stereocenters. The summed E-state index contributed by atoms with van der Waals surface area (Å²) in [4.78, 5) is 28.2. The first-order valence-electron chi connectivity index (χ1n) is 12.7. The largest absolute Gasteiger partial charge is 0.350 e. The summed E-state index contributed by atoms with van der Waals surface area (Å²) < 4.78 is 43.3. The van der Waals surface area contributed by atoms with Crippen molar-refractivity contribution in [2.24, 2.45) is 0 Å². The molecule has 0 aliphatic rings. The van der Waals surface area contributed by atoms with E-state index in [-0.39, 0.29) is 17.0 Å². The van der Waals surface area contributed by atoms with Crippen molar-refractivity contribution in [2.75, 3.05) is 10.8 Å². The molecule has 9 heteroatoms. The average molecular weight is 554 g/mol. The van der Waals surface area contributed by atoms with E-state index < -0.39 is 45.8 Å². The van der Waals surface area contributed by atoms with Crippen molar-refractivity contribution in [3.63, 3.8) is 0 Å². The molecule has 0 aromatic heterocycles. The Hall–Kier alpha value is -3.72. The van der Waals surface area contributed by atoms with Crippen molar-refractivity contribution < 1.29 is 22.4 Å². The van der Waals surface area contributed by atoms with Crippen LogP contribution in [0.1, 0.15) is 44.4 Å². The molecule has 39 heavy (non-hydrogen) atoms. The van der Waals surface area contributed by atoms with Gasteiger partial charge in [-0.3, -0.25) is 13.9 Å². The van der Waals surface area contributed by atoms with Gasteiger partial charge < -0.3 is 10.2 Å². The van der Waals surface area contributed by atoms with Gasteiger partial charge in [0.15, 0.2) is 0 Å². The van der Waals surface area contributed by atoms with E-state index in [1.54, 1.807) is 43.3 Å². The second kappa shape index (κ2) is 12.0. The number of carbonyl (C=O) groups excluding carboxylic acids is 2. The van der Waals surface area contributed by atoms with Crippen molar-refractivity contribution in [3.05, 3.63) is 95.3 Å². The van der Waals surface area contributed by atoms with Crippen molar-refractivity contribution in [1.29, 1.82) is 0 Å². The summed E-state index contributed by atoms with van der Waals surface area (Å²) in [5.41, 5.74) is 1.65. The van der Waals surface area contributed by atoms with Crippen molar-refractivity contribution in [3.8, 4) is 0 Å². The van der Waals surface area contributed by atoms with Crippen LogP contribution in [-0.2, 0) is 26.2 Å². The number of hydrogen-bond acceptors (Lipinski definition) is 4. The number of nitrogens with one attached hydrogen (secondary N) is 1. The minimum absolute atomic E-state index is 0.0292. The van der Waals surface area contributed by atoms with Crippen molar-refractivity contribution in [2.45, 2.75) is 64.6 Å². The zero-order valence-electron chi connectivity index (χ0n) is 23.2. The first kappa shape index (κ1) is 29.8. The summed E-state index contributed by atoms with van der Waals surface area (Å²) in [6, 6.07) is 18.2. The molecule has 0 bridgehead atoms. The summed E-state index contributed by atoms with van der Waals surface area (Å²) in [6.07, 6.45) is 0. The Morgan fingerprint density at radius 1 is 0.923 bits per heavy atom. The van der Waals surface area contributed by atoms with E-state index in [1.807, 2.05) is 40.7 Å². The van der Waals surface area contributed by atoms with Crippen molar-refractivity contribution >= 4 is 27.5 Å². The molecule has 0 unspecified atom stereocenters. The van der Waals surface area contributed by atoms with E-state index in [1.165, 1.54) is 35.2 Å². The smallest absolute Gasteiger partial charge is 0.264 e. The molecule has 7 nitrogen and oxygen atoms in total. The lowest BCUT2D eigenvalue weighted by Gasteiger charge is -2.33. The van der Waals surface area contributed by atoms with E-state index in [4.69, 9.17) is 0 Å². The van der Waals surface area contributed by atoms with Crippen LogP contribution in [0.2, 0.25) is 0 Å². The zero-order chi connectivity index (χ0) is 29.0. The first-order valence-corrected chi connectivity index (χ1v) is 14.1. The van der Waals surface area contributed by atoms with Gasteiger partial charge in [0.1, 0.15) is 18.4 Å². The van der Waals surface area contributed by atoms with Crippen LogP contribution in [-0.4, -0.2) is 43.3 Å². The summed E-state index contributed by atoms with van der Waals surface area (Å²) in [5, 5.41) is 2.85. The standard InChI is InChI=1S/C30H36FN3O4S/c1-21-14-16-26(17-15-21)39(37,38)34(25-12-9-10-22(2)18-25)20-28(35)33(19-24-11-7-8-13-27(24)31)23(3)29(36)32-30(4,5)6/h7-18,23H,19-20H2,1-6H3,(H,32,36)/t23-/m1/s1. The lowest BCUT2D eigenvalue weighted by Crippen LogP contribution is -2.54. The van der Waals surface area contributed by atoms with Gasteiger partial charge in [-0.1, -0.05) is 48.0 Å². The highest BCUT2D eigenvalue weighted by Gasteiger charge is 2.33.